The fourth-order valence-corrected chi connectivity index (χ4v) is 6.15. The lowest BCUT2D eigenvalue weighted by Crippen LogP contribution is -2.52. The van der Waals surface area contributed by atoms with Crippen molar-refractivity contribution in [1.82, 2.24) is 15.6 Å². The molecule has 1 aromatic carbocycles. The van der Waals surface area contributed by atoms with Crippen LogP contribution in [0.3, 0.4) is 0 Å². The summed E-state index contributed by atoms with van der Waals surface area (Å²) in [6.45, 7) is 4.66. The van der Waals surface area contributed by atoms with Gasteiger partial charge in [0.25, 0.3) is 0 Å². The molecule has 3 atom stereocenters. The van der Waals surface area contributed by atoms with E-state index in [1.54, 1.807) is 19.9 Å². The minimum Gasteiger partial charge on any atom is -0.389 e. The Bertz CT molecular complexity index is 1340. The van der Waals surface area contributed by atoms with Crippen molar-refractivity contribution in [3.05, 3.63) is 53.3 Å². The topological polar surface area (TPSA) is 94.6 Å². The number of nitrogens with one attached hydrogen (secondary N) is 2. The Kier molecular flexibility index (Phi) is 7.69. The van der Waals surface area contributed by atoms with Crippen molar-refractivity contribution < 1.29 is 42.9 Å². The Morgan fingerprint density at radius 3 is 2.17 bits per heavy atom. The van der Waals surface area contributed by atoms with Crippen LogP contribution < -0.4 is 15.5 Å². The second kappa shape index (κ2) is 10.1. The third-order valence-electron chi connectivity index (χ3n) is 7.72. The largest absolute Gasteiger partial charge is 0.389 e. The van der Waals surface area contributed by atoms with E-state index >= 15 is 0 Å². The number of carbonyl (C=O) groups excluding carboxylic acids is 2. The zero-order valence-corrected chi connectivity index (χ0v) is 24.0. The molecule has 1 saturated heterocycles. The van der Waals surface area contributed by atoms with Crippen LogP contribution in [0.1, 0.15) is 61.9 Å². The van der Waals surface area contributed by atoms with Crippen molar-refractivity contribution in [1.29, 1.82) is 0 Å². The normalized spacial score (nSPS) is 25.3. The monoisotopic (exact) mass is 626 g/mol. The molecule has 15 heteroatoms. The van der Waals surface area contributed by atoms with Gasteiger partial charge in [0.05, 0.1) is 11.6 Å². The second-order valence-electron chi connectivity index (χ2n) is 11.5. The summed E-state index contributed by atoms with van der Waals surface area (Å²) in [4.78, 5) is 31.0. The van der Waals surface area contributed by atoms with Crippen LogP contribution in [0.15, 0.2) is 41.4 Å². The number of aryl methyl sites for hydroxylation is 2. The summed E-state index contributed by atoms with van der Waals surface area (Å²) < 4.78 is 95.0. The van der Waals surface area contributed by atoms with Crippen molar-refractivity contribution in [2.45, 2.75) is 87.4 Å². The minimum absolute atomic E-state index is 0.00149. The highest BCUT2D eigenvalue weighted by Crippen LogP contribution is 3.02. The smallest absolute Gasteiger partial charge is 0.310 e. The van der Waals surface area contributed by atoms with E-state index in [-0.39, 0.29) is 49.2 Å². The van der Waals surface area contributed by atoms with Gasteiger partial charge in [0.15, 0.2) is 0 Å². The van der Waals surface area contributed by atoms with Crippen molar-refractivity contribution in [2.24, 2.45) is 0 Å². The number of alkyl halides is 2. The maximum Gasteiger partial charge on any atom is 0.310 e. The number of hydrogen-bond donors (Lipinski definition) is 3. The number of hydrogen-bond acceptors (Lipinski definition) is 5. The van der Waals surface area contributed by atoms with Gasteiger partial charge in [-0.2, -0.15) is 0 Å². The summed E-state index contributed by atoms with van der Waals surface area (Å²) in [5, 5.41) is 16.0. The number of β-amino-alcohol motifs (C(OH)–C–C–N with tert-alkyl or cyclic N) is 1. The van der Waals surface area contributed by atoms with Gasteiger partial charge in [-0.1, -0.05) is 19.4 Å². The zero-order valence-electron chi connectivity index (χ0n) is 23.2. The summed E-state index contributed by atoms with van der Waals surface area (Å²) >= 11 is 0. The maximum atomic E-state index is 14.1. The van der Waals surface area contributed by atoms with E-state index < -0.39 is 69.4 Å². The van der Waals surface area contributed by atoms with E-state index in [9.17, 15) is 42.9 Å². The first-order chi connectivity index (χ1) is 19.1. The summed E-state index contributed by atoms with van der Waals surface area (Å²) in [5.41, 5.74) is -0.588. The zero-order chi connectivity index (χ0) is 31.4. The highest BCUT2D eigenvalue weighted by Gasteiger charge is 2.65. The highest BCUT2D eigenvalue weighted by atomic mass is 32.5. The fourth-order valence-electron chi connectivity index (χ4n) is 5.50. The average Bonchev–Trinajstić information content (AvgIpc) is 3.22. The van der Waals surface area contributed by atoms with Gasteiger partial charge in [-0.3, -0.25) is 19.5 Å². The third-order valence-corrected chi connectivity index (χ3v) is 8.88. The van der Waals surface area contributed by atoms with Crippen LogP contribution >= 0.6 is 10.2 Å². The molecule has 2 fully saturated rings. The number of anilines is 1. The minimum atomic E-state index is -10.1. The predicted molar refractivity (Wildman–Crippen MR) is 144 cm³/mol. The lowest BCUT2D eigenvalue weighted by molar-refractivity contribution is -0.128. The maximum absolute atomic E-state index is 14.1. The number of halogens is 7. The first kappa shape index (κ1) is 32.0. The van der Waals surface area contributed by atoms with Crippen LogP contribution in [0.25, 0.3) is 0 Å². The summed E-state index contributed by atoms with van der Waals surface area (Å²) in [7, 11) is -10.1. The van der Waals surface area contributed by atoms with E-state index in [2.05, 4.69) is 15.6 Å². The molecule has 0 spiro atoms. The summed E-state index contributed by atoms with van der Waals surface area (Å²) in [6, 6.07) is -0.103. The highest BCUT2D eigenvalue weighted by molar-refractivity contribution is 8.45. The van der Waals surface area contributed by atoms with Gasteiger partial charge in [0.2, 0.25) is 17.7 Å². The molecule has 2 aromatic rings. The van der Waals surface area contributed by atoms with Crippen molar-refractivity contribution in [3.63, 3.8) is 0 Å². The van der Waals surface area contributed by atoms with Crippen LogP contribution in [-0.4, -0.2) is 52.1 Å². The first-order valence-corrected chi connectivity index (χ1v) is 15.3. The van der Waals surface area contributed by atoms with E-state index in [0.29, 0.717) is 23.4 Å². The Morgan fingerprint density at radius 2 is 1.67 bits per heavy atom. The SMILES string of the molecule is Cc1ccnc(C)c1C(C(=O)NC1CCC(F)(F)CC1)N(C(=O)C1CC(C)(O)CN1)c1ccc(S(F)(F)(F)(F)F)cc1. The van der Waals surface area contributed by atoms with E-state index in [1.807, 2.05) is 0 Å². The molecule has 42 heavy (non-hydrogen) atoms. The fraction of sp³-hybridized carbons (Fsp3) is 0.519. The van der Waals surface area contributed by atoms with Gasteiger partial charge in [-0.05, 0) is 69.5 Å². The summed E-state index contributed by atoms with van der Waals surface area (Å²) in [6.07, 6.45) is 0.326. The second-order valence-corrected chi connectivity index (χ2v) is 13.9. The molecule has 1 aromatic heterocycles. The van der Waals surface area contributed by atoms with Crippen LogP contribution in [0.5, 0.6) is 0 Å². The number of pyridine rings is 1. The van der Waals surface area contributed by atoms with Gasteiger partial charge >= 0.3 is 10.2 Å². The molecule has 1 aliphatic heterocycles. The summed E-state index contributed by atoms with van der Waals surface area (Å²) in [5.74, 6) is -4.50. The van der Waals surface area contributed by atoms with Gasteiger partial charge < -0.3 is 15.7 Å². The lowest BCUT2D eigenvalue weighted by atomic mass is 9.91. The molecule has 3 N–H and O–H groups in total. The molecule has 1 aliphatic carbocycles. The number of nitrogens with zero attached hydrogens (tertiary/aromatic N) is 2. The number of amides is 2. The van der Waals surface area contributed by atoms with Crippen LogP contribution in [0.2, 0.25) is 0 Å². The van der Waals surface area contributed by atoms with E-state index in [0.717, 1.165) is 4.90 Å². The third kappa shape index (κ3) is 7.17. The standard InChI is InChI=1S/C27H33F7N4O3S/c1-16-10-13-35-17(2)22(16)23(24(39)37-18-8-11-27(28,29)12-9-18)38(25(40)21-14-26(3,41)15-36-21)19-4-6-20(7-5-19)42(30,31,32,33)34/h4-7,10,13,18,21,23,36,41H,8-9,11-12,14-15H2,1-3H3,(H,37,39). The van der Waals surface area contributed by atoms with Crippen LogP contribution in [-0.2, 0) is 9.59 Å². The van der Waals surface area contributed by atoms with Crippen LogP contribution in [0.4, 0.5) is 33.9 Å². The molecule has 2 aliphatic rings. The van der Waals surface area contributed by atoms with Crippen molar-refractivity contribution in [2.75, 3.05) is 11.4 Å². The number of aliphatic hydroxyl groups is 1. The van der Waals surface area contributed by atoms with Crippen molar-refractivity contribution >= 4 is 27.7 Å². The molecule has 2 amide bonds. The van der Waals surface area contributed by atoms with Gasteiger partial charge in [-0.15, -0.1) is 0 Å². The predicted octanol–water partition coefficient (Wildman–Crippen LogP) is 6.24. The number of benzene rings is 1. The quantitative estimate of drug-likeness (QED) is 0.317. The molecule has 7 nitrogen and oxygen atoms in total. The molecule has 3 unspecified atom stereocenters. The number of carbonyl (C=O) groups is 2. The van der Waals surface area contributed by atoms with Crippen LogP contribution in [0, 0.1) is 13.8 Å². The van der Waals surface area contributed by atoms with E-state index in [1.165, 1.54) is 13.1 Å². The first-order valence-electron chi connectivity index (χ1n) is 13.3. The number of aromatic nitrogens is 1. The van der Waals surface area contributed by atoms with Gasteiger partial charge in [0, 0.05) is 55.0 Å². The lowest BCUT2D eigenvalue weighted by Gasteiger charge is -2.41. The molecule has 0 radical (unpaired) electrons. The van der Waals surface area contributed by atoms with E-state index in [4.69, 9.17) is 0 Å². The Labute approximate surface area is 238 Å². The Hall–Kier alpha value is -2.91. The molecule has 1 saturated carbocycles. The van der Waals surface area contributed by atoms with Crippen molar-refractivity contribution in [3.8, 4) is 0 Å². The molecular formula is C27H33F7N4O3S. The average molecular weight is 627 g/mol. The van der Waals surface area contributed by atoms with Gasteiger partial charge in [0.1, 0.15) is 10.9 Å². The Morgan fingerprint density at radius 1 is 1.07 bits per heavy atom. The molecule has 0 bridgehead atoms. The van der Waals surface area contributed by atoms with Gasteiger partial charge in [-0.25, -0.2) is 8.78 Å². The Balaban J connectivity index is 1.84. The molecule has 4 rings (SSSR count). The molecule has 2 heterocycles. The number of rotatable bonds is 7. The molecule has 234 valence electrons. The molecular weight excluding hydrogens is 593 g/mol.